The van der Waals surface area contributed by atoms with E-state index in [0.29, 0.717) is 11.5 Å². The number of aromatic nitrogens is 2. The zero-order valence-corrected chi connectivity index (χ0v) is 15.2. The van der Waals surface area contributed by atoms with Crippen LogP contribution in [0.5, 0.6) is 5.75 Å². The van der Waals surface area contributed by atoms with Crippen LogP contribution in [0.4, 0.5) is 17.3 Å². The fraction of sp³-hybridized carbons (Fsp3) is 0.100. The zero-order chi connectivity index (χ0) is 20.3. The number of carboxylic acids is 1. The van der Waals surface area contributed by atoms with Crippen molar-refractivity contribution in [2.24, 2.45) is 0 Å². The van der Waals surface area contributed by atoms with Gasteiger partial charge in [-0.15, -0.1) is 0 Å². The summed E-state index contributed by atoms with van der Waals surface area (Å²) in [6, 6.07) is 12.2. The number of aromatic hydroxyl groups is 1. The molecule has 2 aromatic carbocycles. The van der Waals surface area contributed by atoms with Crippen molar-refractivity contribution < 1.29 is 19.8 Å². The van der Waals surface area contributed by atoms with Crippen molar-refractivity contribution in [2.75, 3.05) is 10.6 Å². The van der Waals surface area contributed by atoms with E-state index in [2.05, 4.69) is 20.6 Å². The number of amides is 1. The van der Waals surface area contributed by atoms with Gasteiger partial charge < -0.3 is 20.8 Å². The number of carboxylic acid groups (broad SMARTS) is 1. The Bertz CT molecular complexity index is 1030. The number of benzene rings is 2. The Morgan fingerprint density at radius 1 is 0.893 bits per heavy atom. The molecule has 8 nitrogen and oxygen atoms in total. The van der Waals surface area contributed by atoms with E-state index in [1.54, 1.807) is 24.3 Å². The van der Waals surface area contributed by atoms with Gasteiger partial charge in [0.15, 0.2) is 0 Å². The van der Waals surface area contributed by atoms with Gasteiger partial charge in [0, 0.05) is 22.6 Å². The van der Waals surface area contributed by atoms with Crippen LogP contribution in [0.3, 0.4) is 0 Å². The van der Waals surface area contributed by atoms with Gasteiger partial charge in [-0.05, 0) is 62.4 Å². The van der Waals surface area contributed by atoms with Crippen molar-refractivity contribution in [3.8, 4) is 5.75 Å². The molecule has 4 N–H and O–H groups in total. The number of phenols is 1. The lowest BCUT2D eigenvalue weighted by molar-refractivity contribution is 0.0696. The van der Waals surface area contributed by atoms with Crippen molar-refractivity contribution >= 4 is 29.2 Å². The van der Waals surface area contributed by atoms with Gasteiger partial charge in [0.25, 0.3) is 5.91 Å². The normalized spacial score (nSPS) is 10.4. The number of hydrogen-bond acceptors (Lipinski definition) is 6. The number of aryl methyl sites for hydroxylation is 2. The number of anilines is 3. The van der Waals surface area contributed by atoms with E-state index in [0.717, 1.165) is 23.1 Å². The molecule has 3 rings (SSSR count). The standard InChI is InChI=1S/C20H18N4O4/c1-11-9-12(2)22-20(21-11)23-15-6-3-13(4-7-15)18(26)24-16-8-5-14(19(27)28)10-17(16)25/h3-10,25H,1-2H3,(H,24,26)(H,27,28)(H,21,22,23). The molecule has 1 amide bonds. The minimum Gasteiger partial charge on any atom is -0.506 e. The number of aromatic carboxylic acids is 1. The molecule has 1 aromatic heterocycles. The zero-order valence-electron chi connectivity index (χ0n) is 15.2. The van der Waals surface area contributed by atoms with Crippen LogP contribution in [0, 0.1) is 13.8 Å². The van der Waals surface area contributed by atoms with Crippen LogP contribution in [-0.2, 0) is 0 Å². The maximum Gasteiger partial charge on any atom is 0.335 e. The predicted octanol–water partition coefficient (Wildman–Crippen LogP) is 3.49. The maximum atomic E-state index is 12.4. The average molecular weight is 378 g/mol. The highest BCUT2D eigenvalue weighted by Gasteiger charge is 2.12. The second-order valence-electron chi connectivity index (χ2n) is 6.17. The second kappa shape index (κ2) is 7.75. The summed E-state index contributed by atoms with van der Waals surface area (Å²) in [5, 5.41) is 24.4. The Morgan fingerprint density at radius 2 is 1.50 bits per heavy atom. The van der Waals surface area contributed by atoms with Gasteiger partial charge in [-0.1, -0.05) is 0 Å². The second-order valence-corrected chi connectivity index (χ2v) is 6.17. The van der Waals surface area contributed by atoms with Gasteiger partial charge in [-0.3, -0.25) is 4.79 Å². The van der Waals surface area contributed by atoms with Crippen LogP contribution in [0.2, 0.25) is 0 Å². The Labute approximate surface area is 160 Å². The first-order chi connectivity index (χ1) is 13.3. The number of phenolic OH excluding ortho intramolecular Hbond substituents is 1. The van der Waals surface area contributed by atoms with E-state index in [-0.39, 0.29) is 17.0 Å². The highest BCUT2D eigenvalue weighted by atomic mass is 16.4. The van der Waals surface area contributed by atoms with Crippen molar-refractivity contribution in [1.29, 1.82) is 0 Å². The molecule has 142 valence electrons. The lowest BCUT2D eigenvalue weighted by atomic mass is 10.1. The highest BCUT2D eigenvalue weighted by Crippen LogP contribution is 2.25. The molecule has 0 unspecified atom stereocenters. The van der Waals surface area contributed by atoms with Gasteiger partial charge in [-0.25, -0.2) is 14.8 Å². The molecule has 0 bridgehead atoms. The number of nitrogens with one attached hydrogen (secondary N) is 2. The number of carbonyl (C=O) groups excluding carboxylic acids is 1. The van der Waals surface area contributed by atoms with Gasteiger partial charge >= 0.3 is 5.97 Å². The van der Waals surface area contributed by atoms with E-state index in [1.165, 1.54) is 12.1 Å². The Hall–Kier alpha value is -3.94. The summed E-state index contributed by atoms with van der Waals surface area (Å²) in [7, 11) is 0. The molecule has 8 heteroatoms. The predicted molar refractivity (Wildman–Crippen MR) is 104 cm³/mol. The first-order valence-electron chi connectivity index (χ1n) is 8.39. The third kappa shape index (κ3) is 4.42. The Balaban J connectivity index is 1.71. The van der Waals surface area contributed by atoms with Crippen molar-refractivity contribution in [3.63, 3.8) is 0 Å². The van der Waals surface area contributed by atoms with E-state index in [4.69, 9.17) is 5.11 Å². The molecule has 0 spiro atoms. The van der Waals surface area contributed by atoms with Gasteiger partial charge in [0.1, 0.15) is 5.75 Å². The molecule has 0 aliphatic carbocycles. The Morgan fingerprint density at radius 3 is 2.07 bits per heavy atom. The van der Waals surface area contributed by atoms with E-state index in [1.807, 2.05) is 19.9 Å². The molecule has 0 atom stereocenters. The van der Waals surface area contributed by atoms with E-state index >= 15 is 0 Å². The first-order valence-corrected chi connectivity index (χ1v) is 8.39. The summed E-state index contributed by atoms with van der Waals surface area (Å²) < 4.78 is 0. The molecule has 0 saturated carbocycles. The molecule has 0 radical (unpaired) electrons. The lowest BCUT2D eigenvalue weighted by Crippen LogP contribution is -2.12. The smallest absolute Gasteiger partial charge is 0.335 e. The maximum absolute atomic E-state index is 12.4. The minimum absolute atomic E-state index is 0.0699. The summed E-state index contributed by atoms with van der Waals surface area (Å²) in [4.78, 5) is 31.9. The number of carbonyl (C=O) groups is 2. The third-order valence-corrected chi connectivity index (χ3v) is 3.88. The van der Waals surface area contributed by atoms with Gasteiger partial charge in [-0.2, -0.15) is 0 Å². The molecule has 0 fully saturated rings. The van der Waals surface area contributed by atoms with E-state index < -0.39 is 11.9 Å². The molecule has 1 heterocycles. The topological polar surface area (TPSA) is 124 Å². The van der Waals surface area contributed by atoms with Crippen LogP contribution < -0.4 is 10.6 Å². The summed E-state index contributed by atoms with van der Waals surface area (Å²) in [5.41, 5.74) is 2.84. The number of hydrogen-bond donors (Lipinski definition) is 4. The molecular formula is C20H18N4O4. The van der Waals surface area contributed by atoms with Crippen LogP contribution in [-0.4, -0.2) is 32.1 Å². The monoisotopic (exact) mass is 378 g/mol. The van der Waals surface area contributed by atoms with Crippen molar-refractivity contribution in [3.05, 3.63) is 71.0 Å². The highest BCUT2D eigenvalue weighted by molar-refractivity contribution is 6.05. The van der Waals surface area contributed by atoms with Gasteiger partial charge in [0.2, 0.25) is 5.95 Å². The van der Waals surface area contributed by atoms with Crippen LogP contribution in [0.1, 0.15) is 32.1 Å². The average Bonchev–Trinajstić information content (AvgIpc) is 2.63. The summed E-state index contributed by atoms with van der Waals surface area (Å²) in [5.74, 6) is -1.45. The van der Waals surface area contributed by atoms with E-state index in [9.17, 15) is 14.7 Å². The number of rotatable bonds is 5. The molecular weight excluding hydrogens is 360 g/mol. The fourth-order valence-electron chi connectivity index (χ4n) is 2.58. The Kier molecular flexibility index (Phi) is 5.21. The molecule has 0 aliphatic rings. The largest absolute Gasteiger partial charge is 0.506 e. The van der Waals surface area contributed by atoms with Crippen molar-refractivity contribution in [2.45, 2.75) is 13.8 Å². The van der Waals surface area contributed by atoms with Gasteiger partial charge in [0.05, 0.1) is 11.3 Å². The fourth-order valence-corrected chi connectivity index (χ4v) is 2.58. The minimum atomic E-state index is -1.16. The lowest BCUT2D eigenvalue weighted by Gasteiger charge is -2.09. The van der Waals surface area contributed by atoms with Crippen LogP contribution in [0.15, 0.2) is 48.5 Å². The summed E-state index contributed by atoms with van der Waals surface area (Å²) >= 11 is 0. The van der Waals surface area contributed by atoms with Crippen molar-refractivity contribution in [1.82, 2.24) is 9.97 Å². The molecule has 0 saturated heterocycles. The molecule has 0 aliphatic heterocycles. The van der Waals surface area contributed by atoms with Crippen LogP contribution >= 0.6 is 0 Å². The number of nitrogens with zero attached hydrogens (tertiary/aromatic N) is 2. The molecule has 28 heavy (non-hydrogen) atoms. The third-order valence-electron chi connectivity index (χ3n) is 3.88. The SMILES string of the molecule is Cc1cc(C)nc(Nc2ccc(C(=O)Nc3ccc(C(=O)O)cc3O)cc2)n1. The van der Waals surface area contributed by atoms with Crippen LogP contribution in [0.25, 0.3) is 0 Å². The summed E-state index contributed by atoms with van der Waals surface area (Å²) in [6.07, 6.45) is 0. The molecule has 3 aromatic rings. The first kappa shape index (κ1) is 18.8. The summed E-state index contributed by atoms with van der Waals surface area (Å²) in [6.45, 7) is 3.76. The quantitative estimate of drug-likeness (QED) is 0.501.